The van der Waals surface area contributed by atoms with Gasteiger partial charge in [0.15, 0.2) is 16.7 Å². The van der Waals surface area contributed by atoms with Crippen LogP contribution in [0.15, 0.2) is 70.6 Å². The van der Waals surface area contributed by atoms with E-state index in [4.69, 9.17) is 26.1 Å². The fourth-order valence-electron chi connectivity index (χ4n) is 3.71. The summed E-state index contributed by atoms with van der Waals surface area (Å²) in [4.78, 5) is 20.4. The van der Waals surface area contributed by atoms with E-state index < -0.39 is 0 Å². The maximum atomic E-state index is 13.4. The molecular weight excluding hydrogens is 638 g/mol. The normalized spacial score (nSPS) is 15.7. The minimum absolute atomic E-state index is 0.0824. The fourth-order valence-corrected chi connectivity index (χ4v) is 5.62. The van der Waals surface area contributed by atoms with E-state index in [1.165, 1.54) is 23.9 Å². The summed E-state index contributed by atoms with van der Waals surface area (Å²) in [6.07, 6.45) is 1.86. The molecule has 9 heteroatoms. The van der Waals surface area contributed by atoms with Crippen LogP contribution in [0.1, 0.15) is 31.9 Å². The average molecular weight is 665 g/mol. The standard InChI is InChI=1S/C29H27ClFIN2O3S/c1-4-36-25-14-20(13-24(32)27(25)37-17-19-5-9-22(31)10-6-19)15-26-28(35)34(16-18(2)3)29(38-26)33-23-11-7-21(30)8-12-23/h5-15,18H,4,16-17H2,1-3H3/b26-15-,33-29?. The average Bonchev–Trinajstić information content (AvgIpc) is 3.14. The molecule has 1 heterocycles. The van der Waals surface area contributed by atoms with Crippen LogP contribution in [0.3, 0.4) is 0 Å². The molecule has 1 amide bonds. The van der Waals surface area contributed by atoms with Crippen LogP contribution in [-0.2, 0) is 11.4 Å². The Labute approximate surface area is 245 Å². The molecule has 0 saturated carbocycles. The van der Waals surface area contributed by atoms with Gasteiger partial charge in [-0.2, -0.15) is 0 Å². The number of hydrogen-bond acceptors (Lipinski definition) is 5. The van der Waals surface area contributed by atoms with Gasteiger partial charge in [-0.15, -0.1) is 0 Å². The van der Waals surface area contributed by atoms with E-state index in [0.717, 1.165) is 20.4 Å². The van der Waals surface area contributed by atoms with Gasteiger partial charge >= 0.3 is 0 Å². The van der Waals surface area contributed by atoms with Crippen molar-refractivity contribution in [3.8, 4) is 11.5 Å². The van der Waals surface area contributed by atoms with Crippen LogP contribution in [0.25, 0.3) is 6.08 Å². The second-order valence-corrected chi connectivity index (χ2v) is 11.6. The number of hydrogen-bond donors (Lipinski definition) is 0. The predicted octanol–water partition coefficient (Wildman–Crippen LogP) is 8.32. The Balaban J connectivity index is 1.62. The summed E-state index contributed by atoms with van der Waals surface area (Å²) in [5.41, 5.74) is 2.40. The molecule has 3 aromatic carbocycles. The van der Waals surface area contributed by atoms with Gasteiger partial charge in [0.1, 0.15) is 12.4 Å². The van der Waals surface area contributed by atoms with Gasteiger partial charge < -0.3 is 9.47 Å². The lowest BCUT2D eigenvalue weighted by atomic mass is 10.1. The Morgan fingerprint density at radius 2 is 1.82 bits per heavy atom. The maximum Gasteiger partial charge on any atom is 0.266 e. The van der Waals surface area contributed by atoms with Crippen LogP contribution in [0.5, 0.6) is 11.5 Å². The van der Waals surface area contributed by atoms with E-state index in [0.29, 0.717) is 39.7 Å². The summed E-state index contributed by atoms with van der Waals surface area (Å²) in [6.45, 7) is 7.34. The number of benzene rings is 3. The van der Waals surface area contributed by atoms with Crippen LogP contribution in [0.4, 0.5) is 10.1 Å². The van der Waals surface area contributed by atoms with Crippen LogP contribution in [0, 0.1) is 15.3 Å². The van der Waals surface area contributed by atoms with Crippen molar-refractivity contribution in [2.24, 2.45) is 10.9 Å². The summed E-state index contributed by atoms with van der Waals surface area (Å²) >= 11 is 9.57. The number of carbonyl (C=O) groups excluding carboxylic acids is 1. The van der Waals surface area contributed by atoms with Crippen molar-refractivity contribution in [3.63, 3.8) is 0 Å². The molecule has 1 saturated heterocycles. The third kappa shape index (κ3) is 7.30. The molecular formula is C29H27ClFIN2O3S. The van der Waals surface area contributed by atoms with Gasteiger partial charge in [0, 0.05) is 11.6 Å². The number of amides is 1. The molecule has 198 valence electrons. The minimum atomic E-state index is -0.289. The highest BCUT2D eigenvalue weighted by Gasteiger charge is 2.34. The molecule has 0 N–H and O–H groups in total. The van der Waals surface area contributed by atoms with Gasteiger partial charge in [-0.05, 0) is 113 Å². The molecule has 0 aliphatic carbocycles. The lowest BCUT2D eigenvalue weighted by Crippen LogP contribution is -2.32. The van der Waals surface area contributed by atoms with Crippen molar-refractivity contribution in [1.29, 1.82) is 0 Å². The molecule has 1 aliphatic rings. The highest BCUT2D eigenvalue weighted by Crippen LogP contribution is 2.39. The second-order valence-electron chi connectivity index (χ2n) is 8.97. The van der Waals surface area contributed by atoms with Gasteiger partial charge in [-0.1, -0.05) is 37.6 Å². The number of aliphatic imine (C=N–C) groups is 1. The zero-order valence-electron chi connectivity index (χ0n) is 21.2. The Morgan fingerprint density at radius 1 is 1.11 bits per heavy atom. The molecule has 0 aromatic heterocycles. The molecule has 0 atom stereocenters. The first kappa shape index (κ1) is 28.4. The smallest absolute Gasteiger partial charge is 0.266 e. The van der Waals surface area contributed by atoms with Crippen molar-refractivity contribution in [3.05, 3.63) is 91.1 Å². The zero-order valence-corrected chi connectivity index (χ0v) is 24.9. The first-order valence-electron chi connectivity index (χ1n) is 12.1. The molecule has 0 radical (unpaired) electrons. The van der Waals surface area contributed by atoms with E-state index in [9.17, 15) is 9.18 Å². The van der Waals surface area contributed by atoms with Crippen molar-refractivity contribution < 1.29 is 18.7 Å². The number of halogens is 3. The number of thioether (sulfide) groups is 1. The summed E-state index contributed by atoms with van der Waals surface area (Å²) < 4.78 is 26.0. The molecule has 3 aromatic rings. The van der Waals surface area contributed by atoms with Gasteiger partial charge in [0.25, 0.3) is 5.91 Å². The largest absolute Gasteiger partial charge is 0.490 e. The molecule has 0 unspecified atom stereocenters. The van der Waals surface area contributed by atoms with Gasteiger partial charge in [-0.25, -0.2) is 9.38 Å². The molecule has 1 aliphatic heterocycles. The Kier molecular flexibility index (Phi) is 9.73. The van der Waals surface area contributed by atoms with Gasteiger partial charge in [0.2, 0.25) is 0 Å². The molecule has 5 nitrogen and oxygen atoms in total. The number of amidine groups is 1. The van der Waals surface area contributed by atoms with Crippen LogP contribution in [0.2, 0.25) is 5.02 Å². The number of rotatable bonds is 9. The lowest BCUT2D eigenvalue weighted by molar-refractivity contribution is -0.122. The minimum Gasteiger partial charge on any atom is -0.490 e. The van der Waals surface area contributed by atoms with E-state index in [1.807, 2.05) is 37.3 Å². The number of nitrogens with zero attached hydrogens (tertiary/aromatic N) is 2. The third-order valence-electron chi connectivity index (χ3n) is 5.41. The lowest BCUT2D eigenvalue weighted by Gasteiger charge is -2.17. The van der Waals surface area contributed by atoms with Crippen molar-refractivity contribution in [2.45, 2.75) is 27.4 Å². The highest BCUT2D eigenvalue weighted by atomic mass is 127. The van der Waals surface area contributed by atoms with Crippen molar-refractivity contribution in [1.82, 2.24) is 4.90 Å². The van der Waals surface area contributed by atoms with E-state index in [-0.39, 0.29) is 24.2 Å². The van der Waals surface area contributed by atoms with Crippen LogP contribution >= 0.6 is 46.0 Å². The summed E-state index contributed by atoms with van der Waals surface area (Å²) in [5, 5.41) is 1.27. The maximum absolute atomic E-state index is 13.4. The van der Waals surface area contributed by atoms with Crippen LogP contribution in [-0.4, -0.2) is 29.1 Å². The van der Waals surface area contributed by atoms with Gasteiger partial charge in [-0.3, -0.25) is 9.69 Å². The molecule has 0 bridgehead atoms. The molecule has 4 rings (SSSR count). The first-order valence-corrected chi connectivity index (χ1v) is 14.4. The first-order chi connectivity index (χ1) is 18.2. The topological polar surface area (TPSA) is 51.1 Å². The molecule has 1 fully saturated rings. The number of ether oxygens (including phenoxy) is 2. The third-order valence-corrected chi connectivity index (χ3v) is 7.47. The number of carbonyl (C=O) groups is 1. The highest BCUT2D eigenvalue weighted by molar-refractivity contribution is 14.1. The summed E-state index contributed by atoms with van der Waals surface area (Å²) in [7, 11) is 0. The second kappa shape index (κ2) is 13.0. The summed E-state index contributed by atoms with van der Waals surface area (Å²) in [6, 6.07) is 17.2. The fraction of sp³-hybridized carbons (Fsp3) is 0.241. The Bertz CT molecular complexity index is 1360. The molecule has 0 spiro atoms. The SMILES string of the molecule is CCOc1cc(/C=C2\SC(=Nc3ccc(Cl)cc3)N(CC(C)C)C2=O)cc(I)c1OCc1ccc(F)cc1. The van der Waals surface area contributed by atoms with E-state index in [1.54, 1.807) is 29.2 Å². The predicted molar refractivity (Wildman–Crippen MR) is 162 cm³/mol. The molecule has 38 heavy (non-hydrogen) atoms. The van der Waals surface area contributed by atoms with Gasteiger partial charge in [0.05, 0.1) is 20.8 Å². The van der Waals surface area contributed by atoms with Crippen molar-refractivity contribution in [2.75, 3.05) is 13.2 Å². The zero-order chi connectivity index (χ0) is 27.2. The summed E-state index contributed by atoms with van der Waals surface area (Å²) in [5.74, 6) is 1.09. The Morgan fingerprint density at radius 3 is 2.47 bits per heavy atom. The quantitative estimate of drug-likeness (QED) is 0.171. The van der Waals surface area contributed by atoms with E-state index >= 15 is 0 Å². The Hall–Kier alpha value is -2.56. The van der Waals surface area contributed by atoms with E-state index in [2.05, 4.69) is 36.4 Å². The monoisotopic (exact) mass is 664 g/mol. The van der Waals surface area contributed by atoms with Crippen molar-refractivity contribution >= 4 is 68.8 Å². The van der Waals surface area contributed by atoms with Crippen LogP contribution < -0.4 is 9.47 Å².